The van der Waals surface area contributed by atoms with Crippen molar-refractivity contribution in [1.29, 1.82) is 0 Å². The first-order valence-corrected chi connectivity index (χ1v) is 8.77. The van der Waals surface area contributed by atoms with Crippen LogP contribution in [0.3, 0.4) is 0 Å². The lowest BCUT2D eigenvalue weighted by atomic mass is 10.1. The molecule has 7 heteroatoms. The van der Waals surface area contributed by atoms with E-state index in [4.69, 9.17) is 15.2 Å². The van der Waals surface area contributed by atoms with Gasteiger partial charge in [-0.25, -0.2) is 0 Å². The number of rotatable bonds is 4. The Kier molecular flexibility index (Phi) is 6.87. The molecule has 5 nitrogen and oxygen atoms in total. The molecule has 1 fully saturated rings. The van der Waals surface area contributed by atoms with Gasteiger partial charge in [0.15, 0.2) is 11.5 Å². The molecule has 0 bridgehead atoms. The number of hydrogen-bond donors (Lipinski definition) is 1. The molecule has 0 spiro atoms. The van der Waals surface area contributed by atoms with Gasteiger partial charge >= 0.3 is 0 Å². The topological polar surface area (TPSA) is 64.8 Å². The zero-order valence-corrected chi connectivity index (χ0v) is 14.7. The number of thioether (sulfide) groups is 1. The Labute approximate surface area is 147 Å². The van der Waals surface area contributed by atoms with Crippen LogP contribution in [0.1, 0.15) is 19.3 Å². The smallest absolute Gasteiger partial charge is 0.223 e. The van der Waals surface area contributed by atoms with Crippen LogP contribution >= 0.6 is 24.2 Å². The Bertz CT molecular complexity index is 536. The van der Waals surface area contributed by atoms with Crippen LogP contribution in [0.25, 0.3) is 0 Å². The third-order valence-corrected chi connectivity index (χ3v) is 4.99. The van der Waals surface area contributed by atoms with E-state index in [1.807, 2.05) is 23.1 Å². The number of hydrogen-bond acceptors (Lipinski definition) is 5. The minimum atomic E-state index is 0. The van der Waals surface area contributed by atoms with Crippen molar-refractivity contribution in [3.63, 3.8) is 0 Å². The van der Waals surface area contributed by atoms with E-state index >= 15 is 0 Å². The zero-order chi connectivity index (χ0) is 15.4. The van der Waals surface area contributed by atoms with Crippen LogP contribution < -0.4 is 15.2 Å². The molecular weight excluding hydrogens is 336 g/mol. The standard InChI is InChI=1S/C16H22N2O3S.ClH/c17-12-3-6-18(7-4-12)16(19)5-10-22-13-1-2-14-15(11-13)21-9-8-20-14;/h1-2,11-12H,3-10,17H2;1H. The van der Waals surface area contributed by atoms with Crippen molar-refractivity contribution in [3.8, 4) is 11.5 Å². The Hall–Kier alpha value is -1.11. The van der Waals surface area contributed by atoms with E-state index in [2.05, 4.69) is 0 Å². The van der Waals surface area contributed by atoms with Gasteiger partial charge in [0.05, 0.1) is 0 Å². The molecule has 1 saturated heterocycles. The summed E-state index contributed by atoms with van der Waals surface area (Å²) in [7, 11) is 0. The number of fused-ring (bicyclic) bond motifs is 1. The molecule has 0 atom stereocenters. The lowest BCUT2D eigenvalue weighted by Crippen LogP contribution is -2.42. The molecule has 1 aromatic carbocycles. The number of likely N-dealkylation sites (tertiary alicyclic amines) is 1. The molecule has 0 radical (unpaired) electrons. The van der Waals surface area contributed by atoms with Gasteiger partial charge in [0.2, 0.25) is 5.91 Å². The summed E-state index contributed by atoms with van der Waals surface area (Å²) in [6.45, 7) is 2.80. The number of amides is 1. The number of piperidine rings is 1. The molecule has 1 aromatic rings. The van der Waals surface area contributed by atoms with Crippen molar-refractivity contribution >= 4 is 30.1 Å². The van der Waals surface area contributed by atoms with Crippen LogP contribution in [0.4, 0.5) is 0 Å². The van der Waals surface area contributed by atoms with Crippen LogP contribution in [0.15, 0.2) is 23.1 Å². The van der Waals surface area contributed by atoms with Gasteiger partial charge in [-0.3, -0.25) is 4.79 Å². The number of carbonyl (C=O) groups excluding carboxylic acids is 1. The van der Waals surface area contributed by atoms with E-state index in [1.165, 1.54) is 0 Å². The fourth-order valence-corrected chi connectivity index (χ4v) is 3.54. The summed E-state index contributed by atoms with van der Waals surface area (Å²) in [5, 5.41) is 0. The highest BCUT2D eigenvalue weighted by molar-refractivity contribution is 7.99. The fraction of sp³-hybridized carbons (Fsp3) is 0.562. The molecule has 23 heavy (non-hydrogen) atoms. The van der Waals surface area contributed by atoms with E-state index in [9.17, 15) is 4.79 Å². The van der Waals surface area contributed by atoms with E-state index in [-0.39, 0.29) is 24.4 Å². The SMILES string of the molecule is Cl.NC1CCN(C(=O)CCSc2ccc3c(c2)OCCO3)CC1. The number of nitrogens with two attached hydrogens (primary N) is 1. The maximum atomic E-state index is 12.2. The molecular formula is C16H23ClN2O3S. The first-order valence-electron chi connectivity index (χ1n) is 7.78. The Morgan fingerprint density at radius 2 is 1.91 bits per heavy atom. The second-order valence-corrected chi connectivity index (χ2v) is 6.79. The molecule has 0 unspecified atom stereocenters. The minimum Gasteiger partial charge on any atom is -0.486 e. The number of nitrogens with zero attached hydrogens (tertiary/aromatic N) is 1. The van der Waals surface area contributed by atoms with Gasteiger partial charge in [-0.15, -0.1) is 24.2 Å². The number of carbonyl (C=O) groups is 1. The lowest BCUT2D eigenvalue weighted by molar-refractivity contribution is -0.131. The Morgan fingerprint density at radius 3 is 2.65 bits per heavy atom. The van der Waals surface area contributed by atoms with Crippen LogP contribution in [-0.2, 0) is 4.79 Å². The van der Waals surface area contributed by atoms with Crippen molar-refractivity contribution in [2.24, 2.45) is 5.73 Å². The van der Waals surface area contributed by atoms with Gasteiger partial charge in [0.1, 0.15) is 13.2 Å². The van der Waals surface area contributed by atoms with E-state index in [0.717, 1.165) is 48.1 Å². The summed E-state index contributed by atoms with van der Waals surface area (Å²) < 4.78 is 11.1. The van der Waals surface area contributed by atoms with Crippen molar-refractivity contribution in [2.75, 3.05) is 32.1 Å². The highest BCUT2D eigenvalue weighted by atomic mass is 35.5. The first-order chi connectivity index (χ1) is 10.7. The highest BCUT2D eigenvalue weighted by Gasteiger charge is 2.20. The van der Waals surface area contributed by atoms with Crippen LogP contribution in [0.5, 0.6) is 11.5 Å². The summed E-state index contributed by atoms with van der Waals surface area (Å²) in [6, 6.07) is 6.20. The quantitative estimate of drug-likeness (QED) is 0.837. The fourth-order valence-electron chi connectivity index (χ4n) is 2.68. The van der Waals surface area contributed by atoms with Crippen molar-refractivity contribution < 1.29 is 14.3 Å². The molecule has 2 heterocycles. The molecule has 2 aliphatic heterocycles. The van der Waals surface area contributed by atoms with E-state index in [1.54, 1.807) is 11.8 Å². The van der Waals surface area contributed by atoms with Gasteiger partial charge < -0.3 is 20.1 Å². The van der Waals surface area contributed by atoms with E-state index in [0.29, 0.717) is 19.6 Å². The average molecular weight is 359 g/mol. The third kappa shape index (κ3) is 4.93. The number of ether oxygens (including phenoxy) is 2. The van der Waals surface area contributed by atoms with Crippen LogP contribution in [0, 0.1) is 0 Å². The normalized spacial score (nSPS) is 17.5. The van der Waals surface area contributed by atoms with Gasteiger partial charge in [0, 0.05) is 36.2 Å². The lowest BCUT2D eigenvalue weighted by Gasteiger charge is -2.30. The van der Waals surface area contributed by atoms with Gasteiger partial charge in [0.25, 0.3) is 0 Å². The molecule has 1 amide bonds. The number of benzene rings is 1. The summed E-state index contributed by atoms with van der Waals surface area (Å²) in [4.78, 5) is 15.2. The highest BCUT2D eigenvalue weighted by Crippen LogP contribution is 2.34. The summed E-state index contributed by atoms with van der Waals surface area (Å²) in [5.74, 6) is 2.61. The predicted molar refractivity (Wildman–Crippen MR) is 93.8 cm³/mol. The number of halogens is 1. The molecule has 0 saturated carbocycles. The monoisotopic (exact) mass is 358 g/mol. The largest absolute Gasteiger partial charge is 0.486 e. The van der Waals surface area contributed by atoms with E-state index < -0.39 is 0 Å². The second kappa shape index (κ2) is 8.66. The molecule has 2 aliphatic rings. The Balaban J connectivity index is 0.00000192. The summed E-state index contributed by atoms with van der Waals surface area (Å²) >= 11 is 1.68. The minimum absolute atomic E-state index is 0. The zero-order valence-electron chi connectivity index (χ0n) is 13.0. The van der Waals surface area contributed by atoms with Crippen molar-refractivity contribution in [2.45, 2.75) is 30.2 Å². The van der Waals surface area contributed by atoms with Crippen LogP contribution in [0.2, 0.25) is 0 Å². The van der Waals surface area contributed by atoms with Crippen molar-refractivity contribution in [3.05, 3.63) is 18.2 Å². The molecule has 128 valence electrons. The second-order valence-electron chi connectivity index (χ2n) is 5.62. The average Bonchev–Trinajstić information content (AvgIpc) is 2.55. The molecule has 3 rings (SSSR count). The molecule has 2 N–H and O–H groups in total. The predicted octanol–water partition coefficient (Wildman–Crippen LogP) is 2.31. The maximum Gasteiger partial charge on any atom is 0.223 e. The molecule has 0 aromatic heterocycles. The van der Waals surface area contributed by atoms with Gasteiger partial charge in [-0.05, 0) is 31.0 Å². The maximum absolute atomic E-state index is 12.2. The summed E-state index contributed by atoms with van der Waals surface area (Å²) in [6.07, 6.45) is 2.40. The summed E-state index contributed by atoms with van der Waals surface area (Å²) in [5.41, 5.74) is 5.86. The van der Waals surface area contributed by atoms with Gasteiger partial charge in [-0.2, -0.15) is 0 Å². The Morgan fingerprint density at radius 1 is 1.22 bits per heavy atom. The molecule has 0 aliphatic carbocycles. The van der Waals surface area contributed by atoms with Crippen LogP contribution in [-0.4, -0.2) is 48.9 Å². The van der Waals surface area contributed by atoms with Gasteiger partial charge in [-0.1, -0.05) is 0 Å². The third-order valence-electron chi connectivity index (χ3n) is 3.99. The van der Waals surface area contributed by atoms with Crippen molar-refractivity contribution in [1.82, 2.24) is 4.90 Å². The first kappa shape index (κ1) is 18.2.